The van der Waals surface area contributed by atoms with Crippen molar-refractivity contribution < 1.29 is 9.59 Å². The molecule has 3 amide bonds. The lowest BCUT2D eigenvalue weighted by Crippen LogP contribution is -2.41. The van der Waals surface area contributed by atoms with Gasteiger partial charge in [-0.3, -0.25) is 15.2 Å². The number of aromatic nitrogens is 3. The van der Waals surface area contributed by atoms with Crippen molar-refractivity contribution in [2.24, 2.45) is 0 Å². The number of aromatic amines is 1. The molecule has 0 saturated heterocycles. The second kappa shape index (κ2) is 9.88. The van der Waals surface area contributed by atoms with Crippen LogP contribution in [0.2, 0.25) is 0 Å². The maximum Gasteiger partial charge on any atom is 0.321 e. The number of benzene rings is 2. The normalized spacial score (nSPS) is 11.7. The minimum atomic E-state index is -0.662. The Kier molecular flexibility index (Phi) is 7.02. The summed E-state index contributed by atoms with van der Waals surface area (Å²) in [7, 11) is 0. The molecule has 1 atom stereocenters. The first-order valence-electron chi connectivity index (χ1n) is 9.42. The number of nitrogens with zero attached hydrogens (tertiary/aromatic N) is 2. The second-order valence-electron chi connectivity index (χ2n) is 6.27. The van der Waals surface area contributed by atoms with Gasteiger partial charge in [-0.2, -0.15) is 0 Å². The van der Waals surface area contributed by atoms with Gasteiger partial charge >= 0.3 is 6.03 Å². The molecule has 1 heterocycles. The lowest BCUT2D eigenvalue weighted by molar-refractivity contribution is -0.119. The predicted octanol–water partition coefficient (Wildman–Crippen LogP) is 3.71. The van der Waals surface area contributed by atoms with Gasteiger partial charge in [-0.05, 0) is 24.5 Å². The van der Waals surface area contributed by atoms with E-state index in [1.54, 1.807) is 6.92 Å². The molecular weight excluding hydrogens is 386 g/mol. The van der Waals surface area contributed by atoms with Crippen LogP contribution in [0.15, 0.2) is 59.8 Å². The Labute approximate surface area is 173 Å². The summed E-state index contributed by atoms with van der Waals surface area (Å²) >= 11 is 1.19. The molecule has 0 fully saturated rings. The van der Waals surface area contributed by atoms with E-state index < -0.39 is 17.2 Å². The van der Waals surface area contributed by atoms with Gasteiger partial charge in [0.2, 0.25) is 11.1 Å². The van der Waals surface area contributed by atoms with Crippen molar-refractivity contribution in [1.82, 2.24) is 25.8 Å². The Morgan fingerprint density at radius 3 is 2.45 bits per heavy atom. The third-order valence-electron chi connectivity index (χ3n) is 4.24. The number of urea groups is 1. The SMILES string of the molecule is CCNC(=O)NC(=O)[C@@H](Sc1n[nH]c(-c2ccc(CC)cc2)n1)c1ccccc1. The summed E-state index contributed by atoms with van der Waals surface area (Å²) in [6, 6.07) is 16.8. The summed E-state index contributed by atoms with van der Waals surface area (Å²) in [6.45, 7) is 4.33. The quantitative estimate of drug-likeness (QED) is 0.517. The highest BCUT2D eigenvalue weighted by Crippen LogP contribution is 2.34. The zero-order chi connectivity index (χ0) is 20.6. The summed E-state index contributed by atoms with van der Waals surface area (Å²) in [6.07, 6.45) is 0.970. The molecule has 0 radical (unpaired) electrons. The molecule has 1 aromatic heterocycles. The van der Waals surface area contributed by atoms with Gasteiger partial charge in [-0.1, -0.05) is 73.3 Å². The van der Waals surface area contributed by atoms with Gasteiger partial charge in [0.15, 0.2) is 5.82 Å². The van der Waals surface area contributed by atoms with Crippen LogP contribution in [0.5, 0.6) is 0 Å². The average Bonchev–Trinajstić information content (AvgIpc) is 3.21. The predicted molar refractivity (Wildman–Crippen MR) is 113 cm³/mol. The minimum Gasteiger partial charge on any atom is -0.338 e. The standard InChI is InChI=1S/C21H23N5O2S/c1-3-14-10-12-16(13-11-14)18-23-21(26-25-18)29-17(15-8-6-5-7-9-15)19(27)24-20(28)22-4-2/h5-13,17H,3-4H2,1-2H3,(H,23,25,26)(H2,22,24,27,28)/t17-/m0/s1. The van der Waals surface area contributed by atoms with Crippen LogP contribution in [-0.4, -0.2) is 33.7 Å². The van der Waals surface area contributed by atoms with Gasteiger partial charge in [0.1, 0.15) is 5.25 Å². The molecule has 3 rings (SSSR count). The van der Waals surface area contributed by atoms with Crippen molar-refractivity contribution >= 4 is 23.7 Å². The van der Waals surface area contributed by atoms with Gasteiger partial charge in [0.25, 0.3) is 0 Å². The molecular formula is C21H23N5O2S. The number of hydrogen-bond acceptors (Lipinski definition) is 5. The van der Waals surface area contributed by atoms with Crippen LogP contribution >= 0.6 is 11.8 Å². The highest BCUT2D eigenvalue weighted by Gasteiger charge is 2.25. The molecule has 3 N–H and O–H groups in total. The van der Waals surface area contributed by atoms with Crippen LogP contribution < -0.4 is 10.6 Å². The van der Waals surface area contributed by atoms with Crippen LogP contribution in [-0.2, 0) is 11.2 Å². The fourth-order valence-corrected chi connectivity index (χ4v) is 3.63. The fraction of sp³-hybridized carbons (Fsp3) is 0.238. The van der Waals surface area contributed by atoms with Crippen molar-refractivity contribution in [3.8, 4) is 11.4 Å². The van der Waals surface area contributed by atoms with E-state index in [0.29, 0.717) is 17.5 Å². The van der Waals surface area contributed by atoms with E-state index in [1.165, 1.54) is 17.3 Å². The molecule has 0 aliphatic rings. The molecule has 8 heteroatoms. The number of nitrogens with one attached hydrogen (secondary N) is 3. The van der Waals surface area contributed by atoms with E-state index in [-0.39, 0.29) is 0 Å². The number of carbonyl (C=O) groups excluding carboxylic acids is 2. The first kappa shape index (κ1) is 20.6. The van der Waals surface area contributed by atoms with Crippen molar-refractivity contribution in [3.63, 3.8) is 0 Å². The average molecular weight is 410 g/mol. The lowest BCUT2D eigenvalue weighted by Gasteiger charge is -2.14. The van der Waals surface area contributed by atoms with Crippen LogP contribution in [0.3, 0.4) is 0 Å². The Morgan fingerprint density at radius 1 is 1.07 bits per heavy atom. The lowest BCUT2D eigenvalue weighted by atomic mass is 10.1. The van der Waals surface area contributed by atoms with E-state index in [4.69, 9.17) is 0 Å². The smallest absolute Gasteiger partial charge is 0.321 e. The number of hydrogen-bond donors (Lipinski definition) is 3. The Hall–Kier alpha value is -3.13. The molecule has 0 unspecified atom stereocenters. The molecule has 150 valence electrons. The van der Waals surface area contributed by atoms with Gasteiger partial charge in [0, 0.05) is 12.1 Å². The molecule has 0 bridgehead atoms. The Balaban J connectivity index is 1.79. The van der Waals surface area contributed by atoms with Crippen LogP contribution in [0, 0.1) is 0 Å². The summed E-state index contributed by atoms with van der Waals surface area (Å²) in [4.78, 5) is 29.0. The van der Waals surface area contributed by atoms with Crippen molar-refractivity contribution in [3.05, 3.63) is 65.7 Å². The zero-order valence-corrected chi connectivity index (χ0v) is 17.1. The number of H-pyrrole nitrogens is 1. The van der Waals surface area contributed by atoms with Crippen LogP contribution in [0.4, 0.5) is 4.79 Å². The molecule has 29 heavy (non-hydrogen) atoms. The number of carbonyl (C=O) groups is 2. The van der Waals surface area contributed by atoms with Crippen LogP contribution in [0.25, 0.3) is 11.4 Å². The molecule has 0 saturated carbocycles. The zero-order valence-electron chi connectivity index (χ0n) is 16.3. The molecule has 2 aromatic carbocycles. The van der Waals surface area contributed by atoms with Gasteiger partial charge < -0.3 is 5.32 Å². The maximum absolute atomic E-state index is 12.7. The van der Waals surface area contributed by atoms with Crippen molar-refractivity contribution in [2.45, 2.75) is 30.7 Å². The Bertz CT molecular complexity index is 957. The summed E-state index contributed by atoms with van der Waals surface area (Å²) < 4.78 is 0. The molecule has 7 nitrogen and oxygen atoms in total. The van der Waals surface area contributed by atoms with E-state index >= 15 is 0 Å². The monoisotopic (exact) mass is 409 g/mol. The first-order valence-corrected chi connectivity index (χ1v) is 10.3. The number of imide groups is 1. The van der Waals surface area contributed by atoms with Crippen LogP contribution in [0.1, 0.15) is 30.2 Å². The van der Waals surface area contributed by atoms with Crippen molar-refractivity contribution in [2.75, 3.05) is 6.54 Å². The van der Waals surface area contributed by atoms with E-state index in [0.717, 1.165) is 17.5 Å². The topological polar surface area (TPSA) is 99.8 Å². The summed E-state index contributed by atoms with van der Waals surface area (Å²) in [5.74, 6) is 0.205. The third kappa shape index (κ3) is 5.45. The fourth-order valence-electron chi connectivity index (χ4n) is 2.71. The highest BCUT2D eigenvalue weighted by atomic mass is 32.2. The first-order chi connectivity index (χ1) is 14.1. The van der Waals surface area contributed by atoms with Gasteiger partial charge in [-0.15, -0.1) is 5.10 Å². The van der Waals surface area contributed by atoms with E-state index in [2.05, 4.69) is 44.9 Å². The van der Waals surface area contributed by atoms with Crippen molar-refractivity contribution in [1.29, 1.82) is 0 Å². The second-order valence-corrected chi connectivity index (χ2v) is 7.35. The number of rotatable bonds is 7. The number of thioether (sulfide) groups is 1. The number of aryl methyl sites for hydroxylation is 1. The molecule has 0 aliphatic heterocycles. The summed E-state index contributed by atoms with van der Waals surface area (Å²) in [5, 5.41) is 11.9. The molecule has 3 aromatic rings. The van der Waals surface area contributed by atoms with Gasteiger partial charge in [0.05, 0.1) is 0 Å². The molecule has 0 aliphatic carbocycles. The maximum atomic E-state index is 12.7. The largest absolute Gasteiger partial charge is 0.338 e. The van der Waals surface area contributed by atoms with Gasteiger partial charge in [-0.25, -0.2) is 9.78 Å². The van der Waals surface area contributed by atoms with E-state index in [9.17, 15) is 9.59 Å². The Morgan fingerprint density at radius 2 is 1.79 bits per heavy atom. The summed E-state index contributed by atoms with van der Waals surface area (Å²) in [5.41, 5.74) is 2.93. The minimum absolute atomic E-state index is 0.425. The van der Waals surface area contributed by atoms with E-state index in [1.807, 2.05) is 42.5 Å². The highest BCUT2D eigenvalue weighted by molar-refractivity contribution is 8.00. The molecule has 0 spiro atoms. The number of amides is 3. The third-order valence-corrected chi connectivity index (χ3v) is 5.35.